The van der Waals surface area contributed by atoms with Crippen LogP contribution in [0.4, 0.5) is 45.3 Å². The van der Waals surface area contributed by atoms with Crippen LogP contribution in [0.1, 0.15) is 42.4 Å². The number of nitrogens with zero attached hydrogens (tertiary/aromatic N) is 6. The summed E-state index contributed by atoms with van der Waals surface area (Å²) in [6, 6.07) is 6.94. The number of fused-ring (bicyclic) bond motifs is 1. The summed E-state index contributed by atoms with van der Waals surface area (Å²) in [5.74, 6) is -6.07. The predicted octanol–water partition coefficient (Wildman–Crippen LogP) is 5.56. The van der Waals surface area contributed by atoms with Gasteiger partial charge in [0.15, 0.2) is 0 Å². The van der Waals surface area contributed by atoms with E-state index in [1.165, 1.54) is 48.7 Å². The van der Waals surface area contributed by atoms with Crippen LogP contribution in [-0.2, 0) is 20.9 Å². The number of alkyl halides is 9. The van der Waals surface area contributed by atoms with Crippen molar-refractivity contribution in [2.75, 3.05) is 44.2 Å². The monoisotopic (exact) mass is 764 g/mol. The third-order valence-electron chi connectivity index (χ3n) is 7.60. The smallest absolute Gasteiger partial charge is 0.475 e. The van der Waals surface area contributed by atoms with Crippen LogP contribution < -0.4 is 4.90 Å². The van der Waals surface area contributed by atoms with Crippen LogP contribution in [0.25, 0.3) is 5.65 Å². The first-order chi connectivity index (χ1) is 23.7. The molecule has 1 unspecified atom stereocenters. The first-order valence-electron chi connectivity index (χ1n) is 15.1. The summed E-state index contributed by atoms with van der Waals surface area (Å²) in [6.45, 7) is 7.78. The van der Waals surface area contributed by atoms with E-state index in [1.807, 2.05) is 6.20 Å². The first kappa shape index (κ1) is 41.2. The van der Waals surface area contributed by atoms with Gasteiger partial charge in [-0.1, -0.05) is 6.07 Å². The maximum atomic E-state index is 10.6. The van der Waals surface area contributed by atoms with Crippen molar-refractivity contribution < 1.29 is 69.2 Å². The van der Waals surface area contributed by atoms with Gasteiger partial charge in [0.1, 0.15) is 16.5 Å². The van der Waals surface area contributed by atoms with Crippen molar-refractivity contribution in [3.05, 3.63) is 46.7 Å². The number of hydrogen-bond acceptors (Lipinski definition) is 9. The molecule has 51 heavy (non-hydrogen) atoms. The Kier molecular flexibility index (Phi) is 14.0. The summed E-state index contributed by atoms with van der Waals surface area (Å²) in [7, 11) is 0. The van der Waals surface area contributed by atoms with Crippen molar-refractivity contribution in [3.8, 4) is 0 Å². The molecule has 1 atom stereocenters. The number of thiazole rings is 1. The minimum atomic E-state index is -5.08. The Labute approximate surface area is 287 Å². The van der Waals surface area contributed by atoms with Gasteiger partial charge >= 0.3 is 36.4 Å². The number of imidazole rings is 1. The maximum Gasteiger partial charge on any atom is 0.490 e. The molecule has 3 aromatic heterocycles. The van der Waals surface area contributed by atoms with Crippen LogP contribution in [0.2, 0.25) is 0 Å². The Hall–Kier alpha value is -4.18. The molecule has 5 heterocycles. The van der Waals surface area contributed by atoms with E-state index in [0.29, 0.717) is 6.04 Å². The van der Waals surface area contributed by atoms with E-state index in [4.69, 9.17) is 34.7 Å². The van der Waals surface area contributed by atoms with Crippen LogP contribution in [0, 0.1) is 5.92 Å². The molecule has 0 aromatic carbocycles. The van der Waals surface area contributed by atoms with Gasteiger partial charge in [-0.05, 0) is 43.7 Å². The van der Waals surface area contributed by atoms with Gasteiger partial charge in [0.25, 0.3) is 0 Å². The molecule has 22 heteroatoms. The van der Waals surface area contributed by atoms with E-state index in [-0.39, 0.29) is 0 Å². The largest absolute Gasteiger partial charge is 0.490 e. The second kappa shape index (κ2) is 17.4. The number of carbonyl (C=O) groups is 3. The van der Waals surface area contributed by atoms with E-state index in [9.17, 15) is 39.5 Å². The molecule has 3 fully saturated rings. The molecule has 1 aliphatic carbocycles. The van der Waals surface area contributed by atoms with Gasteiger partial charge in [-0.3, -0.25) is 14.2 Å². The zero-order valence-corrected chi connectivity index (χ0v) is 27.3. The summed E-state index contributed by atoms with van der Waals surface area (Å²) >= 11 is 1.76. The fourth-order valence-corrected chi connectivity index (χ4v) is 5.71. The van der Waals surface area contributed by atoms with Crippen LogP contribution >= 0.6 is 11.3 Å². The fourth-order valence-electron chi connectivity index (χ4n) is 5.05. The molecule has 0 amide bonds. The molecule has 6 rings (SSSR count). The van der Waals surface area contributed by atoms with Crippen LogP contribution in [0.15, 0.2) is 36.0 Å². The SMILES string of the molecule is O=C(O)C(F)(F)F.O=C(O)C(F)(F)F.O=C(O)C(F)(F)F.c1cc(N2CCCC2)n2cc(C3CN(Cc4nccs4)CCN3CC3CC3)nc2c1. The lowest BCUT2D eigenvalue weighted by Gasteiger charge is -2.40. The highest BCUT2D eigenvalue weighted by Gasteiger charge is 2.39. The van der Waals surface area contributed by atoms with E-state index in [2.05, 4.69) is 53.9 Å². The highest BCUT2D eigenvalue weighted by atomic mass is 32.1. The number of carboxylic acids is 3. The van der Waals surface area contributed by atoms with Gasteiger partial charge in [-0.15, -0.1) is 11.3 Å². The van der Waals surface area contributed by atoms with E-state index in [1.54, 1.807) is 11.3 Å². The number of anilines is 1. The van der Waals surface area contributed by atoms with Gasteiger partial charge in [0.2, 0.25) is 0 Å². The molecular formula is C29H33F9N6O6S. The minimum absolute atomic E-state index is 0.366. The van der Waals surface area contributed by atoms with Crippen molar-refractivity contribution in [3.63, 3.8) is 0 Å². The molecule has 3 N–H and O–H groups in total. The summed E-state index contributed by atoms with van der Waals surface area (Å²) < 4.78 is 97.5. The third kappa shape index (κ3) is 13.1. The number of halogens is 9. The molecule has 284 valence electrons. The lowest BCUT2D eigenvalue weighted by Crippen LogP contribution is -2.48. The van der Waals surface area contributed by atoms with Crippen molar-refractivity contribution in [2.45, 2.75) is 56.8 Å². The molecule has 2 saturated heterocycles. The lowest BCUT2D eigenvalue weighted by atomic mass is 10.1. The topological polar surface area (TPSA) is 152 Å². The molecule has 3 aliphatic rings. The van der Waals surface area contributed by atoms with Crippen molar-refractivity contribution in [1.82, 2.24) is 24.2 Å². The predicted molar refractivity (Wildman–Crippen MR) is 162 cm³/mol. The Morgan fingerprint density at radius 2 is 1.37 bits per heavy atom. The minimum Gasteiger partial charge on any atom is -0.475 e. The normalized spacial score (nSPS) is 18.5. The standard InChI is InChI=1S/C23H30N6S.3C2HF3O2/c1-2-10-27(9-1)23-5-3-4-21-25-19(15-29(21)23)20-16-26(17-22-24-8-13-30-22)11-12-28(20)14-18-6-7-18;3*3-2(4,5)1(6)7/h3-5,8,13,15,18,20H,1-2,6-7,9-12,14,16-17H2;3*(H,6,7). The Morgan fingerprint density at radius 3 is 1.84 bits per heavy atom. The van der Waals surface area contributed by atoms with Crippen LogP contribution in [0.5, 0.6) is 0 Å². The van der Waals surface area contributed by atoms with E-state index in [0.717, 1.165) is 50.8 Å². The number of piperazine rings is 1. The Bertz CT molecular complexity index is 1530. The fraction of sp³-hybridized carbons (Fsp3) is 0.552. The van der Waals surface area contributed by atoms with Gasteiger partial charge in [-0.25, -0.2) is 24.4 Å². The number of carboxylic acid groups (broad SMARTS) is 3. The highest BCUT2D eigenvalue weighted by molar-refractivity contribution is 7.09. The van der Waals surface area contributed by atoms with Gasteiger partial charge in [-0.2, -0.15) is 39.5 Å². The van der Waals surface area contributed by atoms with Crippen molar-refractivity contribution in [1.29, 1.82) is 0 Å². The molecule has 2 aliphatic heterocycles. The number of pyridine rings is 1. The van der Waals surface area contributed by atoms with E-state index < -0.39 is 36.4 Å². The molecule has 1 saturated carbocycles. The summed E-state index contributed by atoms with van der Waals surface area (Å²) in [5.41, 5.74) is 2.31. The number of aromatic nitrogens is 3. The average molecular weight is 765 g/mol. The Morgan fingerprint density at radius 1 is 0.824 bits per heavy atom. The summed E-state index contributed by atoms with van der Waals surface area (Å²) in [6.07, 6.45) is -5.63. The second-order valence-electron chi connectivity index (χ2n) is 11.5. The van der Waals surface area contributed by atoms with E-state index >= 15 is 0 Å². The zero-order chi connectivity index (χ0) is 38.1. The number of aliphatic carboxylic acids is 3. The average Bonchev–Trinajstić information content (AvgIpc) is 3.42. The molecule has 0 spiro atoms. The number of hydrogen-bond donors (Lipinski definition) is 3. The third-order valence-corrected chi connectivity index (χ3v) is 8.36. The highest BCUT2D eigenvalue weighted by Crippen LogP contribution is 2.35. The first-order valence-corrected chi connectivity index (χ1v) is 16.0. The molecule has 3 aromatic rings. The lowest BCUT2D eigenvalue weighted by molar-refractivity contribution is -0.193. The van der Waals surface area contributed by atoms with Crippen molar-refractivity contribution in [2.24, 2.45) is 5.92 Å². The van der Waals surface area contributed by atoms with Gasteiger partial charge in [0.05, 0.1) is 18.3 Å². The van der Waals surface area contributed by atoms with Crippen LogP contribution in [-0.4, -0.2) is 115 Å². The quantitative estimate of drug-likeness (QED) is 0.271. The summed E-state index contributed by atoms with van der Waals surface area (Å²) in [5, 5.41) is 24.7. The number of rotatable bonds is 6. The molecule has 12 nitrogen and oxygen atoms in total. The zero-order valence-electron chi connectivity index (χ0n) is 26.5. The molecule has 0 radical (unpaired) electrons. The molecule has 0 bridgehead atoms. The Balaban J connectivity index is 0.000000275. The van der Waals surface area contributed by atoms with Crippen molar-refractivity contribution >= 4 is 40.7 Å². The molecular weight excluding hydrogens is 731 g/mol. The van der Waals surface area contributed by atoms with Crippen LogP contribution in [0.3, 0.4) is 0 Å². The van der Waals surface area contributed by atoms with Gasteiger partial charge < -0.3 is 20.2 Å². The maximum absolute atomic E-state index is 10.6. The van der Waals surface area contributed by atoms with Gasteiger partial charge in [0, 0.05) is 57.0 Å². The second-order valence-corrected chi connectivity index (χ2v) is 12.5. The summed E-state index contributed by atoms with van der Waals surface area (Å²) in [4.78, 5) is 44.1.